The molecule has 8 heteroatoms. The van der Waals surface area contributed by atoms with Crippen molar-refractivity contribution in [3.05, 3.63) is 51.0 Å². The summed E-state index contributed by atoms with van der Waals surface area (Å²) in [6, 6.07) is 8.99. The fourth-order valence-corrected chi connectivity index (χ4v) is 5.41. The van der Waals surface area contributed by atoms with Crippen LogP contribution in [0.25, 0.3) is 0 Å². The predicted octanol–water partition coefficient (Wildman–Crippen LogP) is 3.36. The van der Waals surface area contributed by atoms with Crippen LogP contribution in [-0.4, -0.2) is 55.0 Å². The van der Waals surface area contributed by atoms with Crippen molar-refractivity contribution in [2.24, 2.45) is 4.99 Å². The zero-order chi connectivity index (χ0) is 21.6. The van der Waals surface area contributed by atoms with E-state index in [-0.39, 0.29) is 36.4 Å². The smallest absolute Gasteiger partial charge is 0.243 e. The minimum atomic E-state index is 0. The van der Waals surface area contributed by atoms with E-state index in [1.807, 2.05) is 11.3 Å². The van der Waals surface area contributed by atoms with E-state index in [0.717, 1.165) is 44.6 Å². The van der Waals surface area contributed by atoms with E-state index in [2.05, 4.69) is 39.9 Å². The number of hydrogen-bond acceptors (Lipinski definition) is 4. The molecule has 0 saturated heterocycles. The van der Waals surface area contributed by atoms with Gasteiger partial charge in [0, 0.05) is 38.0 Å². The van der Waals surface area contributed by atoms with Crippen molar-refractivity contribution in [2.45, 2.75) is 57.4 Å². The van der Waals surface area contributed by atoms with Crippen molar-refractivity contribution in [3.63, 3.8) is 0 Å². The van der Waals surface area contributed by atoms with Gasteiger partial charge in [0.25, 0.3) is 0 Å². The number of rotatable bonds is 6. The van der Waals surface area contributed by atoms with Gasteiger partial charge in [-0.1, -0.05) is 24.3 Å². The summed E-state index contributed by atoms with van der Waals surface area (Å²) < 4.78 is 0. The van der Waals surface area contributed by atoms with Gasteiger partial charge in [0.2, 0.25) is 5.91 Å². The van der Waals surface area contributed by atoms with Crippen LogP contribution in [0.1, 0.15) is 46.0 Å². The van der Waals surface area contributed by atoms with Crippen LogP contribution in [0.15, 0.2) is 29.3 Å². The second-order valence-electron chi connectivity index (χ2n) is 8.67. The zero-order valence-corrected chi connectivity index (χ0v) is 22.2. The molecular weight excluding hydrogens is 533 g/mol. The molecule has 2 aromatic rings. The van der Waals surface area contributed by atoms with Crippen LogP contribution in [0.4, 0.5) is 0 Å². The summed E-state index contributed by atoms with van der Waals surface area (Å²) in [4.78, 5) is 24.5. The van der Waals surface area contributed by atoms with E-state index in [1.165, 1.54) is 46.0 Å². The normalized spacial score (nSPS) is 17.6. The Labute approximate surface area is 212 Å². The number of nitrogens with one attached hydrogen (secondary N) is 2. The molecule has 0 radical (unpaired) electrons. The number of carbonyl (C=O) groups is 1. The second kappa shape index (κ2) is 12.0. The van der Waals surface area contributed by atoms with E-state index >= 15 is 0 Å². The van der Waals surface area contributed by atoms with Crippen molar-refractivity contribution in [1.29, 1.82) is 0 Å². The SMILES string of the molecule is CN(C)C(=O)CN=C(NCCc1nc2c(s1)CCCC2)NC1CCc2ccccc2C1.I. The highest BCUT2D eigenvalue weighted by atomic mass is 127. The summed E-state index contributed by atoms with van der Waals surface area (Å²) in [6.07, 6.45) is 8.87. The fraction of sp³-hybridized carbons (Fsp3) is 0.542. The summed E-state index contributed by atoms with van der Waals surface area (Å²) in [5.74, 6) is 0.726. The van der Waals surface area contributed by atoms with Crippen molar-refractivity contribution < 1.29 is 4.79 Å². The first-order valence-electron chi connectivity index (χ1n) is 11.4. The first-order valence-corrected chi connectivity index (χ1v) is 12.2. The van der Waals surface area contributed by atoms with E-state index < -0.39 is 0 Å². The summed E-state index contributed by atoms with van der Waals surface area (Å²) in [7, 11) is 3.53. The van der Waals surface area contributed by atoms with Crippen LogP contribution in [0.2, 0.25) is 0 Å². The van der Waals surface area contributed by atoms with E-state index in [0.29, 0.717) is 6.04 Å². The third-order valence-corrected chi connectivity index (χ3v) is 7.30. The molecule has 2 N–H and O–H groups in total. The molecule has 1 aromatic heterocycles. The van der Waals surface area contributed by atoms with Crippen molar-refractivity contribution in [1.82, 2.24) is 20.5 Å². The van der Waals surface area contributed by atoms with Crippen molar-refractivity contribution in [3.8, 4) is 0 Å². The van der Waals surface area contributed by atoms with Gasteiger partial charge in [0.05, 0.1) is 10.7 Å². The lowest BCUT2D eigenvalue weighted by atomic mass is 9.88. The predicted molar refractivity (Wildman–Crippen MR) is 142 cm³/mol. The number of aryl methyl sites for hydroxylation is 3. The largest absolute Gasteiger partial charge is 0.356 e. The van der Waals surface area contributed by atoms with Crippen LogP contribution in [0.3, 0.4) is 0 Å². The molecule has 0 spiro atoms. The maximum Gasteiger partial charge on any atom is 0.243 e. The number of nitrogens with zero attached hydrogens (tertiary/aromatic N) is 3. The Balaban J connectivity index is 0.00000289. The van der Waals surface area contributed by atoms with Gasteiger partial charge in [-0.25, -0.2) is 9.98 Å². The fourth-order valence-electron chi connectivity index (χ4n) is 4.26. The standard InChI is InChI=1S/C24H33N5OS.HI/c1-29(2)23(30)16-26-24(27-19-12-11-17-7-3-4-8-18(17)15-19)25-14-13-22-28-20-9-5-6-10-21(20)31-22;/h3-4,7-8,19H,5-6,9-16H2,1-2H3,(H2,25,26,27);1H. The van der Waals surface area contributed by atoms with Crippen LogP contribution in [0, 0.1) is 0 Å². The van der Waals surface area contributed by atoms with E-state index in [1.54, 1.807) is 19.0 Å². The van der Waals surface area contributed by atoms with Crippen molar-refractivity contribution >= 4 is 47.2 Å². The summed E-state index contributed by atoms with van der Waals surface area (Å²) in [5.41, 5.74) is 4.17. The average Bonchev–Trinajstić information content (AvgIpc) is 3.19. The Bertz CT molecular complexity index is 919. The van der Waals surface area contributed by atoms with Gasteiger partial charge in [-0.05, 0) is 56.1 Å². The Morgan fingerprint density at radius 2 is 1.97 bits per heavy atom. The van der Waals surface area contributed by atoms with Gasteiger partial charge in [-0.15, -0.1) is 35.3 Å². The van der Waals surface area contributed by atoms with Crippen LogP contribution in [0.5, 0.6) is 0 Å². The summed E-state index contributed by atoms with van der Waals surface area (Å²) >= 11 is 1.86. The monoisotopic (exact) mass is 567 g/mol. The van der Waals surface area contributed by atoms with Gasteiger partial charge in [0.1, 0.15) is 6.54 Å². The minimum absolute atomic E-state index is 0. The highest BCUT2D eigenvalue weighted by Gasteiger charge is 2.20. The highest BCUT2D eigenvalue weighted by Crippen LogP contribution is 2.26. The number of fused-ring (bicyclic) bond motifs is 2. The third kappa shape index (κ3) is 6.66. The molecule has 32 heavy (non-hydrogen) atoms. The summed E-state index contributed by atoms with van der Waals surface area (Å²) in [6.45, 7) is 0.912. The molecule has 0 saturated carbocycles. The molecule has 2 aliphatic carbocycles. The van der Waals surface area contributed by atoms with Crippen molar-refractivity contribution in [2.75, 3.05) is 27.2 Å². The van der Waals surface area contributed by atoms with Crippen LogP contribution >= 0.6 is 35.3 Å². The lowest BCUT2D eigenvalue weighted by molar-refractivity contribution is -0.127. The molecule has 6 nitrogen and oxygen atoms in total. The van der Waals surface area contributed by atoms with Crippen LogP contribution in [-0.2, 0) is 36.9 Å². The number of aromatic nitrogens is 1. The number of halogens is 1. The van der Waals surface area contributed by atoms with Gasteiger partial charge in [-0.3, -0.25) is 4.79 Å². The Morgan fingerprint density at radius 1 is 1.19 bits per heavy atom. The number of thiazole rings is 1. The van der Waals surface area contributed by atoms with Gasteiger partial charge >= 0.3 is 0 Å². The molecule has 1 atom stereocenters. The number of hydrogen-bond donors (Lipinski definition) is 2. The average molecular weight is 568 g/mol. The Kier molecular flexibility index (Phi) is 9.34. The molecule has 0 bridgehead atoms. The van der Waals surface area contributed by atoms with E-state index in [9.17, 15) is 4.79 Å². The molecule has 0 fully saturated rings. The Morgan fingerprint density at radius 3 is 2.75 bits per heavy atom. The molecule has 1 heterocycles. The van der Waals surface area contributed by atoms with Gasteiger partial charge < -0.3 is 15.5 Å². The van der Waals surface area contributed by atoms with Gasteiger partial charge in [-0.2, -0.15) is 0 Å². The van der Waals surface area contributed by atoms with Crippen LogP contribution < -0.4 is 10.6 Å². The first kappa shape index (κ1) is 25.0. The molecule has 2 aliphatic rings. The molecule has 1 aromatic carbocycles. The topological polar surface area (TPSA) is 69.6 Å². The maximum atomic E-state index is 12.1. The number of likely N-dealkylation sites (N-methyl/N-ethyl adjacent to an activating group) is 1. The Hall–Kier alpha value is -1.68. The number of carbonyl (C=O) groups excluding carboxylic acids is 1. The number of guanidine groups is 1. The number of amides is 1. The lowest BCUT2D eigenvalue weighted by Gasteiger charge is -2.27. The molecule has 1 unspecified atom stereocenters. The van der Waals surface area contributed by atoms with E-state index in [4.69, 9.17) is 4.98 Å². The first-order chi connectivity index (χ1) is 15.1. The zero-order valence-electron chi connectivity index (χ0n) is 19.0. The summed E-state index contributed by atoms with van der Waals surface area (Å²) in [5, 5.41) is 8.23. The quantitative estimate of drug-likeness (QED) is 0.319. The highest BCUT2D eigenvalue weighted by molar-refractivity contribution is 14.0. The molecular formula is C24H34IN5OS. The number of aliphatic imine (C=N–C) groups is 1. The molecule has 174 valence electrons. The third-order valence-electron chi connectivity index (χ3n) is 6.08. The lowest BCUT2D eigenvalue weighted by Crippen LogP contribution is -2.46. The minimum Gasteiger partial charge on any atom is -0.356 e. The second-order valence-corrected chi connectivity index (χ2v) is 9.84. The molecule has 0 aliphatic heterocycles. The van der Waals surface area contributed by atoms with Gasteiger partial charge in [0.15, 0.2) is 5.96 Å². The molecule has 4 rings (SSSR count). The number of benzene rings is 1. The maximum absolute atomic E-state index is 12.1. The molecule has 1 amide bonds.